The summed E-state index contributed by atoms with van der Waals surface area (Å²) in [6.45, 7) is 7.42. The van der Waals surface area contributed by atoms with Crippen molar-refractivity contribution in [1.82, 2.24) is 19.7 Å². The van der Waals surface area contributed by atoms with Gasteiger partial charge in [0.1, 0.15) is 5.01 Å². The van der Waals surface area contributed by atoms with Gasteiger partial charge < -0.3 is 4.57 Å². The smallest absolute Gasteiger partial charge is 0.191 e. The van der Waals surface area contributed by atoms with Gasteiger partial charge in [-0.2, -0.15) is 0 Å². The molecule has 3 aromatic heterocycles. The maximum Gasteiger partial charge on any atom is 0.191 e. The molecule has 4 aromatic rings. The molecule has 0 unspecified atom stereocenters. The van der Waals surface area contributed by atoms with E-state index in [2.05, 4.69) is 76.6 Å². The van der Waals surface area contributed by atoms with E-state index in [-0.39, 0.29) is 0 Å². The van der Waals surface area contributed by atoms with E-state index in [1.165, 1.54) is 21.6 Å². The molecular formula is C22H24N4S3. The van der Waals surface area contributed by atoms with Gasteiger partial charge in [0.05, 0.1) is 5.69 Å². The van der Waals surface area contributed by atoms with Crippen molar-refractivity contribution < 1.29 is 0 Å². The van der Waals surface area contributed by atoms with E-state index >= 15 is 0 Å². The fraction of sp³-hybridized carbons (Fsp3) is 0.318. The summed E-state index contributed by atoms with van der Waals surface area (Å²) in [5.74, 6) is 1.78. The zero-order valence-corrected chi connectivity index (χ0v) is 19.3. The SMILES string of the molecule is CCCn1c(SCc2csc(-c3cccc(C)c3)n2)nnc1-c1csc(CC)c1. The Kier molecular flexibility index (Phi) is 6.47. The second kappa shape index (κ2) is 9.24. The summed E-state index contributed by atoms with van der Waals surface area (Å²) in [6.07, 6.45) is 2.11. The molecule has 0 saturated heterocycles. The fourth-order valence-electron chi connectivity index (χ4n) is 3.14. The van der Waals surface area contributed by atoms with Crippen molar-refractivity contribution in [2.24, 2.45) is 0 Å². The van der Waals surface area contributed by atoms with E-state index in [1.807, 2.05) is 0 Å². The molecule has 1 aromatic carbocycles. The van der Waals surface area contributed by atoms with E-state index in [4.69, 9.17) is 4.98 Å². The number of benzene rings is 1. The predicted octanol–water partition coefficient (Wildman–Crippen LogP) is 6.70. The normalized spacial score (nSPS) is 11.3. The van der Waals surface area contributed by atoms with Crippen molar-refractivity contribution in [2.75, 3.05) is 0 Å². The summed E-state index contributed by atoms with van der Waals surface area (Å²) in [5.41, 5.74) is 4.71. The topological polar surface area (TPSA) is 43.6 Å². The van der Waals surface area contributed by atoms with Gasteiger partial charge >= 0.3 is 0 Å². The van der Waals surface area contributed by atoms with Gasteiger partial charge in [0, 0.05) is 39.1 Å². The molecule has 0 N–H and O–H groups in total. The summed E-state index contributed by atoms with van der Waals surface area (Å²) in [6, 6.07) is 10.8. The molecule has 0 amide bonds. The monoisotopic (exact) mass is 440 g/mol. The van der Waals surface area contributed by atoms with Gasteiger partial charge in [0.2, 0.25) is 0 Å². The summed E-state index contributed by atoms with van der Waals surface area (Å²) < 4.78 is 2.25. The van der Waals surface area contributed by atoms with Crippen LogP contribution in [0.1, 0.15) is 36.4 Å². The number of hydrogen-bond donors (Lipinski definition) is 0. The molecule has 29 heavy (non-hydrogen) atoms. The molecule has 0 aliphatic rings. The molecule has 0 atom stereocenters. The Balaban J connectivity index is 1.51. The van der Waals surface area contributed by atoms with Gasteiger partial charge in [0.15, 0.2) is 11.0 Å². The van der Waals surface area contributed by atoms with Gasteiger partial charge in [-0.15, -0.1) is 32.9 Å². The molecular weight excluding hydrogens is 416 g/mol. The maximum absolute atomic E-state index is 4.83. The molecule has 4 nitrogen and oxygen atoms in total. The molecule has 7 heteroatoms. The van der Waals surface area contributed by atoms with Crippen LogP contribution in [0.2, 0.25) is 0 Å². The van der Waals surface area contributed by atoms with Crippen LogP contribution in [-0.2, 0) is 18.7 Å². The average Bonchev–Trinajstić information content (AvgIpc) is 3.46. The van der Waals surface area contributed by atoms with Crippen molar-refractivity contribution in [3.63, 3.8) is 0 Å². The lowest BCUT2D eigenvalue weighted by molar-refractivity contribution is 0.626. The molecule has 0 saturated carbocycles. The van der Waals surface area contributed by atoms with E-state index < -0.39 is 0 Å². The van der Waals surface area contributed by atoms with Crippen LogP contribution in [0.15, 0.2) is 46.2 Å². The Bertz CT molecular complexity index is 1090. The summed E-state index contributed by atoms with van der Waals surface area (Å²) in [5, 5.41) is 15.4. The molecule has 0 fully saturated rings. The van der Waals surface area contributed by atoms with Crippen molar-refractivity contribution in [1.29, 1.82) is 0 Å². The molecule has 0 spiro atoms. The highest BCUT2D eigenvalue weighted by Crippen LogP contribution is 2.31. The first-order chi connectivity index (χ1) is 14.2. The van der Waals surface area contributed by atoms with Crippen molar-refractivity contribution >= 4 is 34.4 Å². The van der Waals surface area contributed by atoms with Crippen LogP contribution in [0.3, 0.4) is 0 Å². The van der Waals surface area contributed by atoms with Crippen molar-refractivity contribution in [3.8, 4) is 22.0 Å². The minimum absolute atomic E-state index is 0.800. The van der Waals surface area contributed by atoms with Crippen LogP contribution in [-0.4, -0.2) is 19.7 Å². The number of thioether (sulfide) groups is 1. The molecule has 0 aliphatic carbocycles. The number of nitrogens with zero attached hydrogens (tertiary/aromatic N) is 4. The third-order valence-corrected chi connectivity index (χ3v) is 7.61. The standard InChI is InChI=1S/C22H24N4S3/c1-4-9-26-20(17-11-19(5-2)27-12-17)24-25-22(26)29-14-18-13-28-21(23-18)16-8-6-7-15(3)10-16/h6-8,10-13H,4-5,9,14H2,1-3H3. The molecule has 4 rings (SSSR count). The van der Waals surface area contributed by atoms with Gasteiger partial charge in [-0.25, -0.2) is 4.98 Å². The highest BCUT2D eigenvalue weighted by Gasteiger charge is 2.16. The van der Waals surface area contributed by atoms with Crippen LogP contribution in [0.25, 0.3) is 22.0 Å². The molecule has 0 bridgehead atoms. The zero-order valence-electron chi connectivity index (χ0n) is 16.9. The number of thiazole rings is 1. The lowest BCUT2D eigenvalue weighted by atomic mass is 10.1. The summed E-state index contributed by atoms with van der Waals surface area (Å²) in [4.78, 5) is 6.21. The van der Waals surface area contributed by atoms with Gasteiger partial charge in [-0.3, -0.25) is 0 Å². The zero-order chi connectivity index (χ0) is 20.2. The maximum atomic E-state index is 4.83. The number of hydrogen-bond acceptors (Lipinski definition) is 6. The Morgan fingerprint density at radius 1 is 1.03 bits per heavy atom. The van der Waals surface area contributed by atoms with Crippen molar-refractivity contribution in [3.05, 3.63) is 57.2 Å². The molecule has 0 radical (unpaired) electrons. The quantitative estimate of drug-likeness (QED) is 0.286. The molecule has 3 heterocycles. The molecule has 150 valence electrons. The van der Waals surface area contributed by atoms with Crippen LogP contribution in [0, 0.1) is 6.92 Å². The Morgan fingerprint density at radius 2 is 1.93 bits per heavy atom. The third kappa shape index (κ3) is 4.63. The van der Waals surface area contributed by atoms with E-state index in [0.29, 0.717) is 0 Å². The minimum atomic E-state index is 0.800. The Morgan fingerprint density at radius 3 is 2.69 bits per heavy atom. The highest BCUT2D eigenvalue weighted by atomic mass is 32.2. The van der Waals surface area contributed by atoms with Gasteiger partial charge in [-0.1, -0.05) is 49.4 Å². The first kappa shape index (κ1) is 20.3. The van der Waals surface area contributed by atoms with Gasteiger partial charge in [0.25, 0.3) is 0 Å². The third-order valence-electron chi connectivity index (χ3n) is 4.59. The van der Waals surface area contributed by atoms with E-state index in [1.54, 1.807) is 34.4 Å². The van der Waals surface area contributed by atoms with Crippen LogP contribution < -0.4 is 0 Å². The van der Waals surface area contributed by atoms with Crippen LogP contribution in [0.5, 0.6) is 0 Å². The molecule has 0 aliphatic heterocycles. The first-order valence-corrected chi connectivity index (χ1v) is 12.6. The summed E-state index contributed by atoms with van der Waals surface area (Å²) in [7, 11) is 0. The van der Waals surface area contributed by atoms with Crippen LogP contribution in [0.4, 0.5) is 0 Å². The Hall–Kier alpha value is -1.96. The number of aromatic nitrogens is 4. The summed E-state index contributed by atoms with van der Waals surface area (Å²) >= 11 is 5.21. The Labute approximate surface area is 184 Å². The van der Waals surface area contributed by atoms with Crippen molar-refractivity contribution in [2.45, 2.75) is 51.1 Å². The number of rotatable bonds is 8. The second-order valence-electron chi connectivity index (χ2n) is 6.92. The lowest BCUT2D eigenvalue weighted by Gasteiger charge is -2.07. The van der Waals surface area contributed by atoms with Gasteiger partial charge in [-0.05, 0) is 31.9 Å². The van der Waals surface area contributed by atoms with E-state index in [9.17, 15) is 0 Å². The first-order valence-electron chi connectivity index (χ1n) is 9.83. The largest absolute Gasteiger partial charge is 0.302 e. The van der Waals surface area contributed by atoms with Crippen LogP contribution >= 0.6 is 34.4 Å². The predicted molar refractivity (Wildman–Crippen MR) is 125 cm³/mol. The highest BCUT2D eigenvalue weighted by molar-refractivity contribution is 7.98. The average molecular weight is 441 g/mol. The fourth-order valence-corrected chi connectivity index (χ4v) is 5.73. The van der Waals surface area contributed by atoms with E-state index in [0.717, 1.165) is 46.8 Å². The second-order valence-corrected chi connectivity index (χ2v) is 9.71. The minimum Gasteiger partial charge on any atom is -0.302 e. The number of aryl methyl sites for hydroxylation is 2. The number of thiophene rings is 1. The lowest BCUT2D eigenvalue weighted by Crippen LogP contribution is -2.01.